The molecule has 3 aromatic rings. The highest BCUT2D eigenvalue weighted by molar-refractivity contribution is 7.18. The van der Waals surface area contributed by atoms with Crippen LogP contribution in [0.2, 0.25) is 0 Å². The number of carbonyl (C=O) groups excluding carboxylic acids is 1. The Morgan fingerprint density at radius 2 is 2.08 bits per heavy atom. The summed E-state index contributed by atoms with van der Waals surface area (Å²) in [6.07, 6.45) is 3.52. The number of amides is 1. The van der Waals surface area contributed by atoms with Crippen molar-refractivity contribution in [1.29, 1.82) is 0 Å². The van der Waals surface area contributed by atoms with Crippen LogP contribution >= 0.6 is 11.3 Å². The van der Waals surface area contributed by atoms with Crippen molar-refractivity contribution in [2.45, 2.75) is 46.7 Å². The topological polar surface area (TPSA) is 81.8 Å². The lowest BCUT2D eigenvalue weighted by Crippen LogP contribution is -2.29. The second-order valence-corrected chi connectivity index (χ2v) is 7.76. The lowest BCUT2D eigenvalue weighted by Gasteiger charge is -2.14. The Balaban J connectivity index is 1.69. The van der Waals surface area contributed by atoms with E-state index in [0.29, 0.717) is 11.9 Å². The molecule has 0 bridgehead atoms. The molecule has 0 aliphatic carbocycles. The van der Waals surface area contributed by atoms with Crippen molar-refractivity contribution in [3.63, 3.8) is 0 Å². The first kappa shape index (κ1) is 18.3. The molecule has 3 heterocycles. The summed E-state index contributed by atoms with van der Waals surface area (Å²) in [4.78, 5) is 31.2. The van der Waals surface area contributed by atoms with Crippen LogP contribution in [0.15, 0.2) is 17.3 Å². The first-order chi connectivity index (χ1) is 12.3. The number of carbonyl (C=O) groups is 1. The average molecular weight is 373 g/mol. The minimum absolute atomic E-state index is 0.0826. The Morgan fingerprint density at radius 1 is 1.35 bits per heavy atom. The van der Waals surface area contributed by atoms with Crippen LogP contribution in [0.25, 0.3) is 10.2 Å². The van der Waals surface area contributed by atoms with Gasteiger partial charge in [0, 0.05) is 36.1 Å². The predicted molar refractivity (Wildman–Crippen MR) is 102 cm³/mol. The second kappa shape index (κ2) is 7.03. The molecule has 0 radical (unpaired) electrons. The maximum absolute atomic E-state index is 12.7. The van der Waals surface area contributed by atoms with E-state index in [0.717, 1.165) is 26.5 Å². The van der Waals surface area contributed by atoms with Gasteiger partial charge in [-0.25, -0.2) is 4.98 Å². The standard InChI is InChI=1S/C18H23N5O2S/c1-10-13(4)26-17-16(10)18(25)23(9-19-17)7-6-15(24)21-11(2)14-8-20-22(5)12(14)3/h8-9,11H,6-7H2,1-5H3,(H,21,24)/t11-/m0/s1. The molecule has 3 aromatic heterocycles. The number of hydrogen-bond acceptors (Lipinski definition) is 5. The van der Waals surface area contributed by atoms with E-state index < -0.39 is 0 Å². The van der Waals surface area contributed by atoms with Crippen LogP contribution in [0.5, 0.6) is 0 Å². The van der Waals surface area contributed by atoms with Crippen molar-refractivity contribution in [3.8, 4) is 0 Å². The molecule has 138 valence electrons. The van der Waals surface area contributed by atoms with Crippen molar-refractivity contribution >= 4 is 27.5 Å². The van der Waals surface area contributed by atoms with E-state index in [9.17, 15) is 9.59 Å². The number of aryl methyl sites for hydroxylation is 4. The molecule has 0 unspecified atom stereocenters. The Kier molecular flexibility index (Phi) is 4.95. The maximum atomic E-state index is 12.7. The van der Waals surface area contributed by atoms with Crippen LogP contribution in [-0.4, -0.2) is 25.2 Å². The van der Waals surface area contributed by atoms with Gasteiger partial charge in [-0.3, -0.25) is 18.8 Å². The summed E-state index contributed by atoms with van der Waals surface area (Å²) in [5.41, 5.74) is 2.90. The lowest BCUT2D eigenvalue weighted by atomic mass is 10.1. The van der Waals surface area contributed by atoms with Gasteiger partial charge in [-0.1, -0.05) is 0 Å². The lowest BCUT2D eigenvalue weighted by molar-refractivity contribution is -0.121. The van der Waals surface area contributed by atoms with E-state index in [4.69, 9.17) is 0 Å². The summed E-state index contributed by atoms with van der Waals surface area (Å²) >= 11 is 1.52. The first-order valence-electron chi connectivity index (χ1n) is 8.52. The molecular weight excluding hydrogens is 350 g/mol. The summed E-state index contributed by atoms with van der Waals surface area (Å²) in [7, 11) is 1.87. The number of nitrogens with one attached hydrogen (secondary N) is 1. The van der Waals surface area contributed by atoms with Gasteiger partial charge < -0.3 is 5.32 Å². The van der Waals surface area contributed by atoms with Crippen LogP contribution in [0.4, 0.5) is 0 Å². The van der Waals surface area contributed by atoms with E-state index in [1.165, 1.54) is 22.2 Å². The van der Waals surface area contributed by atoms with E-state index in [1.807, 2.05) is 34.7 Å². The largest absolute Gasteiger partial charge is 0.349 e. The number of hydrogen-bond donors (Lipinski definition) is 1. The SMILES string of the molecule is Cc1sc2ncn(CCC(=O)N[C@@H](C)c3cnn(C)c3C)c(=O)c2c1C. The smallest absolute Gasteiger partial charge is 0.262 e. The molecular formula is C18H23N5O2S. The quantitative estimate of drug-likeness (QED) is 0.744. The fraction of sp³-hybridized carbons (Fsp3) is 0.444. The summed E-state index contributed by atoms with van der Waals surface area (Å²) in [6, 6.07) is -0.129. The molecule has 8 heteroatoms. The summed E-state index contributed by atoms with van der Waals surface area (Å²) in [5, 5.41) is 7.83. The fourth-order valence-electron chi connectivity index (χ4n) is 2.98. The van der Waals surface area contributed by atoms with Gasteiger partial charge in [0.15, 0.2) is 0 Å². The van der Waals surface area contributed by atoms with E-state index in [-0.39, 0.29) is 23.9 Å². The molecule has 1 amide bonds. The van der Waals surface area contributed by atoms with Crippen molar-refractivity contribution in [2.24, 2.45) is 7.05 Å². The van der Waals surface area contributed by atoms with Gasteiger partial charge in [0.25, 0.3) is 5.56 Å². The molecule has 7 nitrogen and oxygen atoms in total. The molecule has 0 spiro atoms. The molecule has 0 aliphatic heterocycles. The molecule has 0 saturated heterocycles. The van der Waals surface area contributed by atoms with Crippen molar-refractivity contribution in [3.05, 3.63) is 44.6 Å². The van der Waals surface area contributed by atoms with Crippen molar-refractivity contribution < 1.29 is 4.79 Å². The highest BCUT2D eigenvalue weighted by Crippen LogP contribution is 2.25. The number of aromatic nitrogens is 4. The van der Waals surface area contributed by atoms with Gasteiger partial charge in [0.2, 0.25) is 5.91 Å². The Bertz CT molecular complexity index is 1030. The Hall–Kier alpha value is -2.48. The zero-order valence-corrected chi connectivity index (χ0v) is 16.5. The minimum Gasteiger partial charge on any atom is -0.349 e. The summed E-state index contributed by atoms with van der Waals surface area (Å²) in [6.45, 7) is 8.13. The van der Waals surface area contributed by atoms with Crippen LogP contribution in [0, 0.1) is 20.8 Å². The van der Waals surface area contributed by atoms with Crippen LogP contribution < -0.4 is 10.9 Å². The Labute approximate surface area is 155 Å². The minimum atomic E-state index is -0.129. The highest BCUT2D eigenvalue weighted by Gasteiger charge is 2.16. The number of fused-ring (bicyclic) bond motifs is 1. The average Bonchev–Trinajstić information content (AvgIpc) is 3.07. The zero-order valence-electron chi connectivity index (χ0n) is 15.7. The van der Waals surface area contributed by atoms with E-state index in [1.54, 1.807) is 10.9 Å². The molecule has 1 N–H and O–H groups in total. The van der Waals surface area contributed by atoms with Gasteiger partial charge in [0.1, 0.15) is 4.83 Å². The molecule has 0 fully saturated rings. The summed E-state index contributed by atoms with van der Waals surface area (Å²) < 4.78 is 3.30. The second-order valence-electron chi connectivity index (χ2n) is 6.55. The fourth-order valence-corrected chi connectivity index (χ4v) is 3.97. The third kappa shape index (κ3) is 3.29. The monoisotopic (exact) mass is 373 g/mol. The van der Waals surface area contributed by atoms with E-state index in [2.05, 4.69) is 15.4 Å². The van der Waals surface area contributed by atoms with Gasteiger partial charge in [-0.15, -0.1) is 11.3 Å². The third-order valence-electron chi connectivity index (χ3n) is 4.85. The molecule has 3 rings (SSSR count). The normalized spacial score (nSPS) is 12.5. The van der Waals surface area contributed by atoms with Crippen LogP contribution in [0.3, 0.4) is 0 Å². The molecule has 0 aromatic carbocycles. The van der Waals surface area contributed by atoms with Gasteiger partial charge in [-0.05, 0) is 33.3 Å². The highest BCUT2D eigenvalue weighted by atomic mass is 32.1. The molecule has 26 heavy (non-hydrogen) atoms. The van der Waals surface area contributed by atoms with Gasteiger partial charge in [0.05, 0.1) is 24.0 Å². The van der Waals surface area contributed by atoms with Crippen LogP contribution in [-0.2, 0) is 18.4 Å². The van der Waals surface area contributed by atoms with Crippen molar-refractivity contribution in [2.75, 3.05) is 0 Å². The molecule has 0 saturated carbocycles. The van der Waals surface area contributed by atoms with E-state index >= 15 is 0 Å². The number of rotatable bonds is 5. The van der Waals surface area contributed by atoms with Crippen LogP contribution in [0.1, 0.15) is 41.1 Å². The first-order valence-corrected chi connectivity index (χ1v) is 9.34. The summed E-state index contributed by atoms with van der Waals surface area (Å²) in [5.74, 6) is -0.106. The molecule has 1 atom stereocenters. The third-order valence-corrected chi connectivity index (χ3v) is 5.97. The number of thiophene rings is 1. The zero-order chi connectivity index (χ0) is 19.0. The molecule has 0 aliphatic rings. The van der Waals surface area contributed by atoms with Gasteiger partial charge in [-0.2, -0.15) is 5.10 Å². The van der Waals surface area contributed by atoms with Gasteiger partial charge >= 0.3 is 0 Å². The number of nitrogens with zero attached hydrogens (tertiary/aromatic N) is 4. The maximum Gasteiger partial charge on any atom is 0.262 e. The van der Waals surface area contributed by atoms with Crippen molar-refractivity contribution in [1.82, 2.24) is 24.6 Å². The predicted octanol–water partition coefficient (Wildman–Crippen LogP) is 2.38. The Morgan fingerprint density at radius 3 is 2.73 bits per heavy atom.